The van der Waals surface area contributed by atoms with Crippen LogP contribution in [0.25, 0.3) is 0 Å². The summed E-state index contributed by atoms with van der Waals surface area (Å²) in [5, 5.41) is 0.0609. The van der Waals surface area contributed by atoms with Crippen molar-refractivity contribution in [2.75, 3.05) is 12.3 Å². The Labute approximate surface area is 118 Å². The van der Waals surface area contributed by atoms with E-state index in [0.29, 0.717) is 12.2 Å². The molecule has 108 valence electrons. The van der Waals surface area contributed by atoms with Crippen LogP contribution < -0.4 is 5.73 Å². The maximum absolute atomic E-state index is 12.5. The minimum absolute atomic E-state index is 0.0609. The summed E-state index contributed by atoms with van der Waals surface area (Å²) in [5.74, 6) is 0. The van der Waals surface area contributed by atoms with E-state index in [1.807, 2.05) is 12.1 Å². The molecule has 2 aromatic rings. The van der Waals surface area contributed by atoms with Crippen LogP contribution in [-0.4, -0.2) is 28.8 Å². The largest absolute Gasteiger partial charge is 0.399 e. The second kappa shape index (κ2) is 5.64. The molecule has 20 heavy (non-hydrogen) atoms. The van der Waals surface area contributed by atoms with Gasteiger partial charge in [-0.3, -0.25) is 0 Å². The van der Waals surface area contributed by atoms with Crippen LogP contribution in [0.15, 0.2) is 41.8 Å². The first-order valence-corrected chi connectivity index (χ1v) is 7.70. The van der Waals surface area contributed by atoms with Gasteiger partial charge in [-0.1, -0.05) is 19.1 Å². The number of sulfonamides is 1. The zero-order chi connectivity index (χ0) is 14.8. The fourth-order valence-corrected chi connectivity index (χ4v) is 3.32. The number of anilines is 1. The Morgan fingerprint density at radius 1 is 1.40 bits per heavy atom. The summed E-state index contributed by atoms with van der Waals surface area (Å²) >= 11 is 0. The standard InChI is InChI=1S/C13H18N4O2S/c1-3-17(8-11-5-4-6-12(14)7-11)20(18,19)13-9-16(2)10-15-13/h4-7,9-10H,3,8,14H2,1-2H3. The highest BCUT2D eigenvalue weighted by Crippen LogP contribution is 2.17. The molecule has 7 heteroatoms. The Balaban J connectivity index is 2.28. The van der Waals surface area contributed by atoms with Gasteiger partial charge in [0.2, 0.25) is 0 Å². The summed E-state index contributed by atoms with van der Waals surface area (Å²) in [6.07, 6.45) is 2.97. The van der Waals surface area contributed by atoms with Gasteiger partial charge in [-0.05, 0) is 17.7 Å². The number of hydrogen-bond acceptors (Lipinski definition) is 4. The van der Waals surface area contributed by atoms with Crippen LogP contribution in [0.1, 0.15) is 12.5 Å². The second-order valence-corrected chi connectivity index (χ2v) is 6.44. The Kier molecular flexibility index (Phi) is 4.10. The predicted molar refractivity (Wildman–Crippen MR) is 77.3 cm³/mol. The van der Waals surface area contributed by atoms with Gasteiger partial charge in [-0.15, -0.1) is 0 Å². The molecule has 1 aromatic carbocycles. The van der Waals surface area contributed by atoms with Crippen LogP contribution in [-0.2, 0) is 23.6 Å². The first-order valence-electron chi connectivity index (χ1n) is 6.26. The van der Waals surface area contributed by atoms with Crippen molar-refractivity contribution in [3.63, 3.8) is 0 Å². The SMILES string of the molecule is CCN(Cc1cccc(N)c1)S(=O)(=O)c1cn(C)cn1. The van der Waals surface area contributed by atoms with Crippen LogP contribution in [0.4, 0.5) is 5.69 Å². The van der Waals surface area contributed by atoms with Crippen molar-refractivity contribution in [3.05, 3.63) is 42.4 Å². The van der Waals surface area contributed by atoms with Crippen LogP contribution in [0.2, 0.25) is 0 Å². The topological polar surface area (TPSA) is 81.2 Å². The van der Waals surface area contributed by atoms with Crippen molar-refractivity contribution < 1.29 is 8.42 Å². The molecule has 2 rings (SSSR count). The van der Waals surface area contributed by atoms with Crippen molar-refractivity contribution in [2.45, 2.75) is 18.5 Å². The van der Waals surface area contributed by atoms with E-state index in [1.54, 1.807) is 30.7 Å². The van der Waals surface area contributed by atoms with Crippen LogP contribution in [0.5, 0.6) is 0 Å². The molecule has 0 unspecified atom stereocenters. The molecule has 1 aromatic heterocycles. The monoisotopic (exact) mass is 294 g/mol. The molecule has 0 aliphatic heterocycles. The molecular weight excluding hydrogens is 276 g/mol. The van der Waals surface area contributed by atoms with E-state index in [4.69, 9.17) is 5.73 Å². The molecule has 1 heterocycles. The van der Waals surface area contributed by atoms with Gasteiger partial charge in [0.05, 0.1) is 6.33 Å². The highest BCUT2D eigenvalue weighted by Gasteiger charge is 2.25. The third-order valence-electron chi connectivity index (χ3n) is 2.95. The maximum atomic E-state index is 12.5. The number of nitrogens with zero attached hydrogens (tertiary/aromatic N) is 3. The normalized spacial score (nSPS) is 11.9. The summed E-state index contributed by atoms with van der Waals surface area (Å²) in [6, 6.07) is 7.21. The fraction of sp³-hybridized carbons (Fsp3) is 0.308. The minimum atomic E-state index is -3.58. The average molecular weight is 294 g/mol. The van der Waals surface area contributed by atoms with E-state index in [-0.39, 0.29) is 11.6 Å². The molecule has 0 bridgehead atoms. The summed E-state index contributed by atoms with van der Waals surface area (Å²) in [7, 11) is -1.84. The van der Waals surface area contributed by atoms with Crippen molar-refractivity contribution in [3.8, 4) is 0 Å². The van der Waals surface area contributed by atoms with Crippen LogP contribution in [0, 0.1) is 0 Å². The molecule has 0 amide bonds. The number of aryl methyl sites for hydroxylation is 1. The molecular formula is C13H18N4O2S. The summed E-state index contributed by atoms with van der Waals surface area (Å²) in [6.45, 7) is 2.45. The van der Waals surface area contributed by atoms with Crippen molar-refractivity contribution in [1.82, 2.24) is 13.9 Å². The van der Waals surface area contributed by atoms with Crippen molar-refractivity contribution in [1.29, 1.82) is 0 Å². The molecule has 0 radical (unpaired) electrons. The number of rotatable bonds is 5. The number of imidazole rings is 1. The first kappa shape index (κ1) is 14.5. The van der Waals surface area contributed by atoms with Gasteiger partial charge in [0, 0.05) is 32.0 Å². The molecule has 0 aliphatic rings. The minimum Gasteiger partial charge on any atom is -0.399 e. The van der Waals surface area contributed by atoms with E-state index in [1.165, 1.54) is 16.8 Å². The summed E-state index contributed by atoms with van der Waals surface area (Å²) in [4.78, 5) is 3.92. The quantitative estimate of drug-likeness (QED) is 0.841. The Bertz CT molecular complexity index is 694. The zero-order valence-electron chi connectivity index (χ0n) is 11.5. The van der Waals surface area contributed by atoms with Gasteiger partial charge in [0.1, 0.15) is 0 Å². The maximum Gasteiger partial charge on any atom is 0.262 e. The van der Waals surface area contributed by atoms with E-state index in [9.17, 15) is 8.42 Å². The molecule has 2 N–H and O–H groups in total. The third-order valence-corrected chi connectivity index (χ3v) is 4.75. The lowest BCUT2D eigenvalue weighted by molar-refractivity contribution is 0.421. The van der Waals surface area contributed by atoms with Gasteiger partial charge in [0.25, 0.3) is 10.0 Å². The van der Waals surface area contributed by atoms with Gasteiger partial charge in [0.15, 0.2) is 5.03 Å². The molecule has 0 saturated carbocycles. The van der Waals surface area contributed by atoms with E-state index in [0.717, 1.165) is 5.56 Å². The summed E-state index contributed by atoms with van der Waals surface area (Å²) < 4.78 is 28.0. The second-order valence-electron chi connectivity index (χ2n) is 4.55. The lowest BCUT2D eigenvalue weighted by atomic mass is 10.2. The number of aromatic nitrogens is 2. The van der Waals surface area contributed by atoms with Crippen LogP contribution >= 0.6 is 0 Å². The molecule has 0 aliphatic carbocycles. The van der Waals surface area contributed by atoms with Crippen molar-refractivity contribution >= 4 is 15.7 Å². The Morgan fingerprint density at radius 2 is 2.15 bits per heavy atom. The predicted octanol–water partition coefficient (Wildman–Crippen LogP) is 1.21. The van der Waals surface area contributed by atoms with E-state index >= 15 is 0 Å². The van der Waals surface area contributed by atoms with Crippen LogP contribution in [0.3, 0.4) is 0 Å². The number of nitrogen functional groups attached to an aromatic ring is 1. The lowest BCUT2D eigenvalue weighted by Gasteiger charge is -2.19. The van der Waals surface area contributed by atoms with Gasteiger partial charge in [-0.2, -0.15) is 4.31 Å². The fourth-order valence-electron chi connectivity index (χ4n) is 1.92. The highest BCUT2D eigenvalue weighted by molar-refractivity contribution is 7.89. The molecule has 0 fully saturated rings. The first-order chi connectivity index (χ1) is 9.43. The third kappa shape index (κ3) is 3.00. The van der Waals surface area contributed by atoms with Gasteiger partial charge in [-0.25, -0.2) is 13.4 Å². The summed E-state index contributed by atoms with van der Waals surface area (Å²) in [5.41, 5.74) is 7.19. The zero-order valence-corrected chi connectivity index (χ0v) is 12.3. The van der Waals surface area contributed by atoms with E-state index in [2.05, 4.69) is 4.98 Å². The Morgan fingerprint density at radius 3 is 2.70 bits per heavy atom. The number of benzene rings is 1. The average Bonchev–Trinajstić information content (AvgIpc) is 2.83. The molecule has 6 nitrogen and oxygen atoms in total. The molecule has 0 saturated heterocycles. The number of hydrogen-bond donors (Lipinski definition) is 1. The highest BCUT2D eigenvalue weighted by atomic mass is 32.2. The lowest BCUT2D eigenvalue weighted by Crippen LogP contribution is -2.30. The number of nitrogens with two attached hydrogens (primary N) is 1. The van der Waals surface area contributed by atoms with Crippen molar-refractivity contribution in [2.24, 2.45) is 7.05 Å². The Hall–Kier alpha value is -1.86. The smallest absolute Gasteiger partial charge is 0.262 e. The van der Waals surface area contributed by atoms with E-state index < -0.39 is 10.0 Å². The van der Waals surface area contributed by atoms with Gasteiger partial charge < -0.3 is 10.3 Å². The molecule has 0 spiro atoms. The molecule has 0 atom stereocenters. The van der Waals surface area contributed by atoms with Gasteiger partial charge >= 0.3 is 0 Å².